The number of hydrogen-bond donors (Lipinski definition) is 4. The molecule has 3 aromatic heterocycles. The van der Waals surface area contributed by atoms with E-state index in [1.54, 1.807) is 34.6 Å². The maximum atomic E-state index is 13.5. The fourth-order valence-corrected chi connectivity index (χ4v) is 7.14. The fraction of sp³-hybridized carbons (Fsp3) is 0.474. The van der Waals surface area contributed by atoms with Gasteiger partial charge in [0.15, 0.2) is 11.9 Å². The first-order valence-corrected chi connectivity index (χ1v) is 18.4. The first-order valence-electron chi connectivity index (χ1n) is 18.4. The number of aromatic nitrogens is 6. The predicted octanol–water partition coefficient (Wildman–Crippen LogP) is 5.14. The zero-order valence-electron chi connectivity index (χ0n) is 31.2. The lowest BCUT2D eigenvalue weighted by molar-refractivity contribution is -0.144. The summed E-state index contributed by atoms with van der Waals surface area (Å²) in [7, 11) is 1.28. The minimum absolute atomic E-state index is 0.116. The lowest BCUT2D eigenvalue weighted by atomic mass is 10.00. The molecule has 54 heavy (non-hydrogen) atoms. The van der Waals surface area contributed by atoms with Gasteiger partial charge in [-0.25, -0.2) is 29.5 Å². The van der Waals surface area contributed by atoms with Crippen molar-refractivity contribution in [3.05, 3.63) is 60.7 Å². The average Bonchev–Trinajstić information content (AvgIpc) is 4.02. The highest BCUT2D eigenvalue weighted by Crippen LogP contribution is 2.35. The van der Waals surface area contributed by atoms with Crippen LogP contribution in [0.5, 0.6) is 0 Å². The Morgan fingerprint density at radius 3 is 1.87 bits per heavy atom. The maximum Gasteiger partial charge on any atom is 0.407 e. The van der Waals surface area contributed by atoms with Gasteiger partial charge in [-0.15, -0.1) is 0 Å². The monoisotopic (exact) mass is 740 g/mol. The summed E-state index contributed by atoms with van der Waals surface area (Å²) in [5.41, 5.74) is 9.30. The summed E-state index contributed by atoms with van der Waals surface area (Å²) >= 11 is 0. The molecule has 1 aromatic carbocycles. The molecule has 0 aliphatic carbocycles. The molecule has 5 atom stereocenters. The van der Waals surface area contributed by atoms with Gasteiger partial charge in [-0.05, 0) is 43.6 Å². The number of carbonyl (C=O) groups is 4. The second-order valence-corrected chi connectivity index (χ2v) is 14.2. The minimum Gasteiger partial charge on any atom is -0.453 e. The standard InChI is InChI=1S/C38H48N10O6/c1-6-22(4)31(54-37(39)51)36(50)48-16-8-10-29(48)34-43-20-27(45-34)25-17-40-32(41-18-25)24-13-11-23(12-14-24)26-19-42-33(44-26)28-9-7-15-47(28)35(49)30(21(2)3)46-38(52)53-5/h11-14,17-22,28-31H,6-10,15-16H2,1-5H3,(H2,39,51)(H,42,44)(H,43,45)(H,46,52)/t22?,28?,29-,30-,31-/m0/s1. The molecular formula is C38H48N10O6. The molecule has 4 aromatic rings. The Balaban J connectivity index is 1.11. The number of nitrogens with two attached hydrogens (primary N) is 1. The van der Waals surface area contributed by atoms with Crippen molar-refractivity contribution in [1.29, 1.82) is 0 Å². The molecule has 16 nitrogen and oxygen atoms in total. The number of amides is 4. The summed E-state index contributed by atoms with van der Waals surface area (Å²) in [6.45, 7) is 8.69. The second-order valence-electron chi connectivity index (χ2n) is 14.2. The van der Waals surface area contributed by atoms with Gasteiger partial charge in [0.2, 0.25) is 5.91 Å². The van der Waals surface area contributed by atoms with Crippen LogP contribution in [0.1, 0.15) is 83.5 Å². The first-order chi connectivity index (χ1) is 26.0. The number of primary amides is 1. The van der Waals surface area contributed by atoms with Crippen molar-refractivity contribution in [3.8, 4) is 33.9 Å². The Morgan fingerprint density at radius 1 is 0.815 bits per heavy atom. The van der Waals surface area contributed by atoms with Gasteiger partial charge in [0, 0.05) is 42.5 Å². The summed E-state index contributed by atoms with van der Waals surface area (Å²) < 4.78 is 9.98. The number of likely N-dealkylation sites (tertiary alicyclic amines) is 2. The highest BCUT2D eigenvalue weighted by atomic mass is 16.6. The Bertz CT molecular complexity index is 1940. The molecule has 6 rings (SSSR count). The van der Waals surface area contributed by atoms with Gasteiger partial charge in [-0.1, -0.05) is 52.0 Å². The van der Waals surface area contributed by atoms with Crippen molar-refractivity contribution in [2.24, 2.45) is 17.6 Å². The third-order valence-electron chi connectivity index (χ3n) is 10.3. The summed E-state index contributed by atoms with van der Waals surface area (Å²) in [5, 5.41) is 2.68. The maximum absolute atomic E-state index is 13.5. The molecule has 0 spiro atoms. The van der Waals surface area contributed by atoms with Crippen LogP contribution < -0.4 is 11.1 Å². The topological polar surface area (TPSA) is 214 Å². The molecule has 2 aliphatic rings. The van der Waals surface area contributed by atoms with E-state index in [1.165, 1.54) is 7.11 Å². The zero-order valence-corrected chi connectivity index (χ0v) is 31.2. The molecule has 4 amide bonds. The third-order valence-corrected chi connectivity index (χ3v) is 10.3. The molecule has 16 heteroatoms. The van der Waals surface area contributed by atoms with Gasteiger partial charge in [0.25, 0.3) is 5.91 Å². The number of nitrogens with one attached hydrogen (secondary N) is 3. The van der Waals surface area contributed by atoms with Crippen molar-refractivity contribution >= 4 is 24.0 Å². The number of alkyl carbamates (subject to hydrolysis) is 1. The minimum atomic E-state index is -0.966. The largest absolute Gasteiger partial charge is 0.453 e. The lowest BCUT2D eigenvalue weighted by Crippen LogP contribution is -2.51. The van der Waals surface area contributed by atoms with E-state index in [4.69, 9.17) is 15.2 Å². The smallest absolute Gasteiger partial charge is 0.407 e. The van der Waals surface area contributed by atoms with Gasteiger partial charge in [-0.3, -0.25) is 9.59 Å². The molecule has 286 valence electrons. The Labute approximate surface area is 313 Å². The number of methoxy groups -OCH3 is 1. The molecule has 0 saturated carbocycles. The van der Waals surface area contributed by atoms with Crippen LogP contribution in [0.2, 0.25) is 0 Å². The van der Waals surface area contributed by atoms with Gasteiger partial charge in [-0.2, -0.15) is 0 Å². The number of aromatic amines is 2. The van der Waals surface area contributed by atoms with Crippen molar-refractivity contribution in [3.63, 3.8) is 0 Å². The van der Waals surface area contributed by atoms with Crippen LogP contribution in [-0.4, -0.2) is 96.0 Å². The molecule has 2 saturated heterocycles. The predicted molar refractivity (Wildman–Crippen MR) is 198 cm³/mol. The van der Waals surface area contributed by atoms with Crippen LogP contribution in [-0.2, 0) is 19.1 Å². The molecule has 0 radical (unpaired) electrons. The van der Waals surface area contributed by atoms with E-state index in [0.29, 0.717) is 37.0 Å². The molecule has 5 N–H and O–H groups in total. The average molecular weight is 741 g/mol. The Kier molecular flexibility index (Phi) is 11.6. The molecular weight excluding hydrogens is 692 g/mol. The summed E-state index contributed by atoms with van der Waals surface area (Å²) in [6.07, 6.45) is 8.15. The van der Waals surface area contributed by atoms with E-state index in [1.807, 2.05) is 52.0 Å². The van der Waals surface area contributed by atoms with Crippen molar-refractivity contribution in [2.75, 3.05) is 20.2 Å². The first kappa shape index (κ1) is 37.9. The van der Waals surface area contributed by atoms with Crippen LogP contribution in [0.15, 0.2) is 49.1 Å². The van der Waals surface area contributed by atoms with E-state index in [9.17, 15) is 19.2 Å². The van der Waals surface area contributed by atoms with E-state index in [0.717, 1.165) is 53.8 Å². The lowest BCUT2D eigenvalue weighted by Gasteiger charge is -2.30. The summed E-state index contributed by atoms with van der Waals surface area (Å²) in [5.74, 6) is 1.16. The van der Waals surface area contributed by atoms with E-state index >= 15 is 0 Å². The highest BCUT2D eigenvalue weighted by Gasteiger charge is 2.40. The number of carbonyl (C=O) groups excluding carboxylic acids is 4. The summed E-state index contributed by atoms with van der Waals surface area (Å²) in [6, 6.07) is 6.60. The Hall–Kier alpha value is -5.80. The van der Waals surface area contributed by atoms with Crippen LogP contribution in [0.3, 0.4) is 0 Å². The van der Waals surface area contributed by atoms with E-state index in [2.05, 4.69) is 35.2 Å². The Morgan fingerprint density at radius 2 is 1.35 bits per heavy atom. The fourth-order valence-electron chi connectivity index (χ4n) is 7.14. The zero-order chi connectivity index (χ0) is 38.5. The van der Waals surface area contributed by atoms with Gasteiger partial charge in [0.05, 0.1) is 43.0 Å². The number of imidazole rings is 2. The van der Waals surface area contributed by atoms with E-state index in [-0.39, 0.29) is 35.7 Å². The number of ether oxygens (including phenoxy) is 2. The van der Waals surface area contributed by atoms with Crippen molar-refractivity contribution in [1.82, 2.24) is 45.0 Å². The number of hydrogen-bond acceptors (Lipinski definition) is 10. The quantitative estimate of drug-likeness (QED) is 0.150. The van der Waals surface area contributed by atoms with Crippen LogP contribution >= 0.6 is 0 Å². The molecule has 2 unspecified atom stereocenters. The number of nitrogens with zero attached hydrogens (tertiary/aromatic N) is 6. The summed E-state index contributed by atoms with van der Waals surface area (Å²) in [4.78, 5) is 79.2. The van der Waals surface area contributed by atoms with Crippen LogP contribution in [0.4, 0.5) is 9.59 Å². The second kappa shape index (κ2) is 16.5. The molecule has 2 fully saturated rings. The third kappa shape index (κ3) is 8.06. The van der Waals surface area contributed by atoms with E-state index < -0.39 is 24.3 Å². The number of benzene rings is 1. The SMILES string of the molecule is CCC(C)[C@H](OC(N)=O)C(=O)N1CCC[C@H]1c1ncc(-c2cnc(-c3ccc(-c4cnc(C5CCCN5C(=O)[C@@H](NC(=O)OC)C(C)C)[nH]4)cc3)nc2)[nH]1. The van der Waals surface area contributed by atoms with Crippen LogP contribution in [0.25, 0.3) is 33.9 Å². The van der Waals surface area contributed by atoms with Crippen molar-refractivity contribution in [2.45, 2.75) is 84.0 Å². The highest BCUT2D eigenvalue weighted by molar-refractivity contribution is 5.86. The molecule has 0 bridgehead atoms. The van der Waals surface area contributed by atoms with Gasteiger partial charge >= 0.3 is 12.2 Å². The normalized spacial score (nSPS) is 18.7. The van der Waals surface area contributed by atoms with Crippen LogP contribution in [0, 0.1) is 11.8 Å². The molecule has 5 heterocycles. The number of rotatable bonds is 12. The van der Waals surface area contributed by atoms with Crippen molar-refractivity contribution < 1.29 is 28.7 Å². The molecule has 2 aliphatic heterocycles. The number of H-pyrrole nitrogens is 2. The van der Waals surface area contributed by atoms with Gasteiger partial charge in [0.1, 0.15) is 17.7 Å². The van der Waals surface area contributed by atoms with Gasteiger partial charge < -0.3 is 40.3 Å².